The van der Waals surface area contributed by atoms with Crippen LogP contribution in [0.2, 0.25) is 0 Å². The number of carbonyl (C=O) groups is 1. The van der Waals surface area contributed by atoms with Crippen LogP contribution in [0.5, 0.6) is 0 Å². The number of H-pyrrole nitrogens is 1. The van der Waals surface area contributed by atoms with Crippen molar-refractivity contribution >= 4 is 5.91 Å². The van der Waals surface area contributed by atoms with Crippen LogP contribution in [0.15, 0.2) is 12.2 Å². The molecule has 1 aromatic rings. The highest BCUT2D eigenvalue weighted by Crippen LogP contribution is 2.07. The summed E-state index contributed by atoms with van der Waals surface area (Å²) in [7, 11) is 0. The highest BCUT2D eigenvalue weighted by Gasteiger charge is 2.12. The zero-order valence-corrected chi connectivity index (χ0v) is 9.53. The summed E-state index contributed by atoms with van der Waals surface area (Å²) in [4.78, 5) is 15.6. The number of rotatable bonds is 5. The van der Waals surface area contributed by atoms with Crippen molar-refractivity contribution in [3.63, 3.8) is 0 Å². The largest absolute Gasteiger partial charge is 0.346 e. The third-order valence-corrected chi connectivity index (χ3v) is 1.94. The van der Waals surface area contributed by atoms with Crippen LogP contribution in [0.25, 0.3) is 0 Å². The van der Waals surface area contributed by atoms with Gasteiger partial charge in [0.25, 0.3) is 5.91 Å². The topological polar surface area (TPSA) is 96.7 Å². The van der Waals surface area contributed by atoms with Crippen LogP contribution in [-0.2, 0) is 0 Å². The lowest BCUT2D eigenvalue weighted by Crippen LogP contribution is -2.24. The maximum Gasteiger partial charge on any atom is 0.291 e. The van der Waals surface area contributed by atoms with Gasteiger partial charge < -0.3 is 11.1 Å². The average Bonchev–Trinajstić information content (AvgIpc) is 2.73. The number of nitrogens with two attached hydrogens (primary N) is 1. The summed E-state index contributed by atoms with van der Waals surface area (Å²) < 4.78 is 0. The molecule has 1 amide bonds. The minimum Gasteiger partial charge on any atom is -0.346 e. The number of aromatic nitrogens is 3. The number of hydrogen-bond acceptors (Lipinski definition) is 4. The second-order valence-corrected chi connectivity index (χ2v) is 3.62. The van der Waals surface area contributed by atoms with Crippen molar-refractivity contribution in [3.05, 3.63) is 23.8 Å². The lowest BCUT2D eigenvalue weighted by atomic mass is 10.2. The van der Waals surface area contributed by atoms with Gasteiger partial charge in [0.05, 0.1) is 0 Å². The van der Waals surface area contributed by atoms with Gasteiger partial charge in [-0.3, -0.25) is 9.89 Å². The van der Waals surface area contributed by atoms with Gasteiger partial charge in [-0.25, -0.2) is 4.98 Å². The van der Waals surface area contributed by atoms with E-state index in [1.54, 1.807) is 12.2 Å². The summed E-state index contributed by atoms with van der Waals surface area (Å²) in [5.41, 5.74) is 5.26. The zero-order valence-electron chi connectivity index (χ0n) is 9.53. The molecular formula is C10H17N5O. The number of aromatic amines is 1. The molecule has 0 aromatic carbocycles. The van der Waals surface area contributed by atoms with E-state index < -0.39 is 0 Å². The molecule has 0 unspecified atom stereocenters. The summed E-state index contributed by atoms with van der Waals surface area (Å²) >= 11 is 0. The molecule has 0 saturated heterocycles. The maximum atomic E-state index is 11.5. The molecule has 0 spiro atoms. The molecule has 0 saturated carbocycles. The van der Waals surface area contributed by atoms with Gasteiger partial charge in [-0.2, -0.15) is 0 Å². The first-order chi connectivity index (χ1) is 7.65. The highest BCUT2D eigenvalue weighted by atomic mass is 16.2. The van der Waals surface area contributed by atoms with Crippen molar-refractivity contribution in [2.24, 2.45) is 5.73 Å². The van der Waals surface area contributed by atoms with Crippen molar-refractivity contribution in [2.45, 2.75) is 19.8 Å². The minimum absolute atomic E-state index is 0.171. The van der Waals surface area contributed by atoms with E-state index in [0.717, 1.165) is 0 Å². The zero-order chi connectivity index (χ0) is 12.0. The Morgan fingerprint density at radius 3 is 2.88 bits per heavy atom. The smallest absolute Gasteiger partial charge is 0.291 e. The molecule has 88 valence electrons. The standard InChI is InChI=1S/C10H17N5O/c1-7(2)8-13-9(15-14-8)10(16)12-6-4-3-5-11/h3-4,7H,5-6,11H2,1-2H3,(H,12,16)(H,13,14,15)/b4-3+. The van der Waals surface area contributed by atoms with Crippen LogP contribution in [0.3, 0.4) is 0 Å². The van der Waals surface area contributed by atoms with E-state index in [-0.39, 0.29) is 17.6 Å². The third kappa shape index (κ3) is 3.47. The Morgan fingerprint density at radius 2 is 2.31 bits per heavy atom. The van der Waals surface area contributed by atoms with Gasteiger partial charge in [0, 0.05) is 19.0 Å². The van der Waals surface area contributed by atoms with Gasteiger partial charge in [0.1, 0.15) is 5.82 Å². The van der Waals surface area contributed by atoms with Gasteiger partial charge >= 0.3 is 0 Å². The second kappa shape index (κ2) is 6.02. The van der Waals surface area contributed by atoms with Crippen molar-refractivity contribution in [1.29, 1.82) is 0 Å². The molecule has 0 aliphatic heterocycles. The molecule has 0 atom stereocenters. The van der Waals surface area contributed by atoms with Crippen LogP contribution in [-0.4, -0.2) is 34.2 Å². The molecule has 1 aromatic heterocycles. The van der Waals surface area contributed by atoms with Crippen molar-refractivity contribution in [2.75, 3.05) is 13.1 Å². The van der Waals surface area contributed by atoms with E-state index in [1.807, 2.05) is 13.8 Å². The summed E-state index contributed by atoms with van der Waals surface area (Å²) in [6.07, 6.45) is 3.56. The fraction of sp³-hybridized carbons (Fsp3) is 0.500. The predicted octanol–water partition coefficient (Wildman–Crippen LogP) is 0.173. The van der Waals surface area contributed by atoms with E-state index in [4.69, 9.17) is 5.73 Å². The highest BCUT2D eigenvalue weighted by molar-refractivity contribution is 5.90. The Hall–Kier alpha value is -1.69. The molecule has 4 N–H and O–H groups in total. The van der Waals surface area contributed by atoms with Gasteiger partial charge in [0.2, 0.25) is 5.82 Å². The van der Waals surface area contributed by atoms with E-state index in [1.165, 1.54) is 0 Å². The first kappa shape index (κ1) is 12.4. The summed E-state index contributed by atoms with van der Waals surface area (Å²) in [5, 5.41) is 9.23. The molecule has 16 heavy (non-hydrogen) atoms. The summed E-state index contributed by atoms with van der Waals surface area (Å²) in [6.45, 7) is 4.86. The average molecular weight is 223 g/mol. The fourth-order valence-electron chi connectivity index (χ4n) is 1.04. The van der Waals surface area contributed by atoms with Crippen LogP contribution in [0.4, 0.5) is 0 Å². The summed E-state index contributed by atoms with van der Waals surface area (Å²) in [5.74, 6) is 0.823. The third-order valence-electron chi connectivity index (χ3n) is 1.94. The van der Waals surface area contributed by atoms with Crippen molar-refractivity contribution in [3.8, 4) is 0 Å². The SMILES string of the molecule is CC(C)c1nc(C(=O)NC/C=C/CN)n[nH]1. The summed E-state index contributed by atoms with van der Waals surface area (Å²) in [6, 6.07) is 0. The molecule has 0 aliphatic carbocycles. The molecule has 0 fully saturated rings. The Balaban J connectivity index is 2.49. The first-order valence-corrected chi connectivity index (χ1v) is 5.20. The molecule has 1 heterocycles. The van der Waals surface area contributed by atoms with Gasteiger partial charge in [-0.05, 0) is 0 Å². The Labute approximate surface area is 94.3 Å². The van der Waals surface area contributed by atoms with Gasteiger partial charge in [0.15, 0.2) is 0 Å². The van der Waals surface area contributed by atoms with E-state index in [0.29, 0.717) is 18.9 Å². The molecular weight excluding hydrogens is 206 g/mol. The van der Waals surface area contributed by atoms with Crippen LogP contribution in [0, 0.1) is 0 Å². The van der Waals surface area contributed by atoms with Crippen LogP contribution >= 0.6 is 0 Å². The monoisotopic (exact) mass is 223 g/mol. The Bertz CT molecular complexity index is 369. The Kier molecular flexibility index (Phi) is 4.65. The van der Waals surface area contributed by atoms with Gasteiger partial charge in [-0.15, -0.1) is 5.10 Å². The number of nitrogens with zero attached hydrogens (tertiary/aromatic N) is 2. The van der Waals surface area contributed by atoms with Crippen LogP contribution in [0.1, 0.15) is 36.2 Å². The van der Waals surface area contributed by atoms with Crippen molar-refractivity contribution < 1.29 is 4.79 Å². The minimum atomic E-state index is -0.287. The maximum absolute atomic E-state index is 11.5. The molecule has 0 bridgehead atoms. The lowest BCUT2D eigenvalue weighted by molar-refractivity contribution is 0.0948. The lowest BCUT2D eigenvalue weighted by Gasteiger charge is -1.97. The van der Waals surface area contributed by atoms with E-state index in [9.17, 15) is 4.79 Å². The quantitative estimate of drug-likeness (QED) is 0.620. The number of nitrogens with one attached hydrogen (secondary N) is 2. The molecule has 0 radical (unpaired) electrons. The molecule has 1 rings (SSSR count). The number of hydrogen-bond donors (Lipinski definition) is 3. The first-order valence-electron chi connectivity index (χ1n) is 5.20. The second-order valence-electron chi connectivity index (χ2n) is 3.62. The molecule has 6 nitrogen and oxygen atoms in total. The number of amides is 1. The van der Waals surface area contributed by atoms with E-state index in [2.05, 4.69) is 20.5 Å². The molecule has 0 aliphatic rings. The number of carbonyl (C=O) groups excluding carboxylic acids is 1. The molecule has 6 heteroatoms. The van der Waals surface area contributed by atoms with Crippen molar-refractivity contribution in [1.82, 2.24) is 20.5 Å². The Morgan fingerprint density at radius 1 is 1.56 bits per heavy atom. The van der Waals surface area contributed by atoms with Crippen LogP contribution < -0.4 is 11.1 Å². The predicted molar refractivity (Wildman–Crippen MR) is 61.0 cm³/mol. The normalized spacial score (nSPS) is 11.2. The van der Waals surface area contributed by atoms with Gasteiger partial charge in [-0.1, -0.05) is 26.0 Å². The van der Waals surface area contributed by atoms with E-state index >= 15 is 0 Å². The fourth-order valence-corrected chi connectivity index (χ4v) is 1.04.